The second-order valence-corrected chi connectivity index (χ2v) is 5.49. The van der Waals surface area contributed by atoms with Crippen molar-refractivity contribution < 1.29 is 14.3 Å². The number of ether oxygens (including phenoxy) is 2. The Morgan fingerprint density at radius 3 is 2.70 bits per heavy atom. The van der Waals surface area contributed by atoms with Gasteiger partial charge in [-0.25, -0.2) is 0 Å². The second-order valence-electron chi connectivity index (χ2n) is 5.06. The molecule has 0 heterocycles. The highest BCUT2D eigenvalue weighted by Crippen LogP contribution is 2.22. The van der Waals surface area contributed by atoms with Crippen LogP contribution in [0, 0.1) is 0 Å². The van der Waals surface area contributed by atoms with E-state index in [1.807, 2.05) is 24.3 Å². The predicted octanol–water partition coefficient (Wildman–Crippen LogP) is 3.72. The molecule has 23 heavy (non-hydrogen) atoms. The average Bonchev–Trinajstić information content (AvgIpc) is 2.58. The van der Waals surface area contributed by atoms with Crippen molar-refractivity contribution >= 4 is 17.5 Å². The first-order valence-electron chi connectivity index (χ1n) is 7.38. The molecule has 0 unspecified atom stereocenters. The minimum Gasteiger partial charge on any atom is -0.497 e. The maximum absolute atomic E-state index is 12.2. The molecule has 5 heteroatoms. The molecule has 0 aliphatic carbocycles. The van der Waals surface area contributed by atoms with E-state index in [0.717, 1.165) is 18.6 Å². The van der Waals surface area contributed by atoms with Gasteiger partial charge in [0, 0.05) is 11.6 Å². The van der Waals surface area contributed by atoms with Crippen LogP contribution in [-0.2, 0) is 6.42 Å². The van der Waals surface area contributed by atoms with E-state index in [1.165, 1.54) is 12.7 Å². The molecule has 122 valence electrons. The Morgan fingerprint density at radius 2 is 1.96 bits per heavy atom. The van der Waals surface area contributed by atoms with Crippen molar-refractivity contribution in [1.29, 1.82) is 0 Å². The number of halogens is 1. The molecule has 0 aromatic heterocycles. The largest absolute Gasteiger partial charge is 0.497 e. The van der Waals surface area contributed by atoms with E-state index in [1.54, 1.807) is 25.3 Å². The van der Waals surface area contributed by atoms with E-state index in [-0.39, 0.29) is 5.91 Å². The summed E-state index contributed by atoms with van der Waals surface area (Å²) in [6.45, 7) is 0.575. The monoisotopic (exact) mass is 333 g/mol. The van der Waals surface area contributed by atoms with Crippen LogP contribution in [0.4, 0.5) is 0 Å². The first-order valence-corrected chi connectivity index (χ1v) is 7.76. The van der Waals surface area contributed by atoms with Crippen LogP contribution in [0.3, 0.4) is 0 Å². The average molecular weight is 334 g/mol. The molecule has 0 aliphatic heterocycles. The zero-order valence-corrected chi connectivity index (χ0v) is 14.0. The smallest absolute Gasteiger partial charge is 0.255 e. The summed E-state index contributed by atoms with van der Waals surface area (Å²) in [5, 5.41) is 3.40. The number of benzene rings is 2. The van der Waals surface area contributed by atoms with Crippen molar-refractivity contribution in [2.24, 2.45) is 0 Å². The Balaban J connectivity index is 1.86. The molecule has 0 atom stereocenters. The van der Waals surface area contributed by atoms with Gasteiger partial charge in [-0.2, -0.15) is 0 Å². The van der Waals surface area contributed by atoms with Gasteiger partial charge < -0.3 is 14.8 Å². The van der Waals surface area contributed by atoms with Crippen LogP contribution in [0.5, 0.6) is 11.5 Å². The Morgan fingerprint density at radius 1 is 1.13 bits per heavy atom. The summed E-state index contributed by atoms with van der Waals surface area (Å²) in [6, 6.07) is 12.9. The molecule has 0 radical (unpaired) electrons. The van der Waals surface area contributed by atoms with Crippen LogP contribution in [0.25, 0.3) is 0 Å². The van der Waals surface area contributed by atoms with Gasteiger partial charge in [-0.05, 0) is 48.7 Å². The van der Waals surface area contributed by atoms with Crippen LogP contribution in [0.15, 0.2) is 42.5 Å². The minimum absolute atomic E-state index is 0.185. The number of hydrogen-bond donors (Lipinski definition) is 1. The third kappa shape index (κ3) is 4.89. The van der Waals surface area contributed by atoms with Crippen LogP contribution < -0.4 is 14.8 Å². The van der Waals surface area contributed by atoms with Gasteiger partial charge in [0.25, 0.3) is 5.91 Å². The maximum Gasteiger partial charge on any atom is 0.255 e. The quantitative estimate of drug-likeness (QED) is 0.785. The fourth-order valence-corrected chi connectivity index (χ4v) is 2.45. The lowest BCUT2D eigenvalue weighted by Crippen LogP contribution is -2.25. The van der Waals surface area contributed by atoms with E-state index in [2.05, 4.69) is 5.32 Å². The van der Waals surface area contributed by atoms with Crippen molar-refractivity contribution in [2.75, 3.05) is 20.8 Å². The summed E-state index contributed by atoms with van der Waals surface area (Å²) in [5.41, 5.74) is 1.63. The lowest BCUT2D eigenvalue weighted by Gasteiger charge is -2.10. The van der Waals surface area contributed by atoms with Crippen molar-refractivity contribution in [2.45, 2.75) is 12.8 Å². The highest BCUT2D eigenvalue weighted by molar-refractivity contribution is 6.31. The first kappa shape index (κ1) is 17.2. The van der Waals surface area contributed by atoms with E-state index in [0.29, 0.717) is 22.9 Å². The fraction of sp³-hybridized carbons (Fsp3) is 0.278. The highest BCUT2D eigenvalue weighted by atomic mass is 35.5. The van der Waals surface area contributed by atoms with Crippen LogP contribution in [0.2, 0.25) is 5.02 Å². The Bertz CT molecular complexity index is 673. The summed E-state index contributed by atoms with van der Waals surface area (Å²) in [7, 11) is 3.18. The molecule has 0 saturated carbocycles. The van der Waals surface area contributed by atoms with Crippen LogP contribution in [0.1, 0.15) is 22.3 Å². The summed E-state index contributed by atoms with van der Waals surface area (Å²) >= 11 is 5.94. The Labute approximate surface area is 141 Å². The molecular weight excluding hydrogens is 314 g/mol. The molecule has 0 saturated heterocycles. The fourth-order valence-electron chi connectivity index (χ4n) is 2.28. The van der Waals surface area contributed by atoms with E-state index in [9.17, 15) is 4.79 Å². The standard InChI is InChI=1S/C18H20ClNO3/c1-22-15-7-3-5-13(11-15)6-4-10-20-18(21)16-12-14(19)8-9-17(16)23-2/h3,5,7-9,11-12H,4,6,10H2,1-2H3,(H,20,21). The number of carbonyl (C=O) groups excluding carboxylic acids is 1. The SMILES string of the molecule is COc1cccc(CCCNC(=O)c2cc(Cl)ccc2OC)c1. The number of amides is 1. The van der Waals surface area contributed by atoms with Gasteiger partial charge >= 0.3 is 0 Å². The number of methoxy groups -OCH3 is 2. The first-order chi connectivity index (χ1) is 11.1. The predicted molar refractivity (Wildman–Crippen MR) is 91.7 cm³/mol. The number of nitrogens with one attached hydrogen (secondary N) is 1. The van der Waals surface area contributed by atoms with Crippen molar-refractivity contribution in [3.63, 3.8) is 0 Å². The number of hydrogen-bond acceptors (Lipinski definition) is 3. The summed E-state index contributed by atoms with van der Waals surface area (Å²) in [5.74, 6) is 1.17. The third-order valence-electron chi connectivity index (χ3n) is 3.47. The number of rotatable bonds is 7. The lowest BCUT2D eigenvalue weighted by atomic mass is 10.1. The van der Waals surface area contributed by atoms with Crippen molar-refractivity contribution in [3.05, 3.63) is 58.6 Å². The van der Waals surface area contributed by atoms with E-state index in [4.69, 9.17) is 21.1 Å². The molecule has 2 rings (SSSR count). The zero-order valence-electron chi connectivity index (χ0n) is 13.3. The summed E-state index contributed by atoms with van der Waals surface area (Å²) in [6.07, 6.45) is 1.70. The summed E-state index contributed by atoms with van der Waals surface area (Å²) in [4.78, 5) is 12.2. The molecule has 0 spiro atoms. The minimum atomic E-state index is -0.185. The Kier molecular flexibility index (Phi) is 6.29. The lowest BCUT2D eigenvalue weighted by molar-refractivity contribution is 0.0950. The molecule has 0 fully saturated rings. The van der Waals surface area contributed by atoms with E-state index < -0.39 is 0 Å². The highest BCUT2D eigenvalue weighted by Gasteiger charge is 2.12. The second kappa shape index (κ2) is 8.44. The van der Waals surface area contributed by atoms with Crippen molar-refractivity contribution in [1.82, 2.24) is 5.32 Å². The normalized spacial score (nSPS) is 10.2. The molecule has 2 aromatic carbocycles. The molecule has 0 bridgehead atoms. The van der Waals surface area contributed by atoms with Gasteiger partial charge in [0.1, 0.15) is 11.5 Å². The molecule has 4 nitrogen and oxygen atoms in total. The number of aryl methyl sites for hydroxylation is 1. The maximum atomic E-state index is 12.2. The van der Waals surface area contributed by atoms with Crippen LogP contribution in [-0.4, -0.2) is 26.7 Å². The summed E-state index contributed by atoms with van der Waals surface area (Å²) < 4.78 is 10.4. The number of carbonyl (C=O) groups is 1. The van der Waals surface area contributed by atoms with Gasteiger partial charge in [-0.15, -0.1) is 0 Å². The third-order valence-corrected chi connectivity index (χ3v) is 3.70. The Hall–Kier alpha value is -2.20. The van der Waals surface area contributed by atoms with Gasteiger partial charge in [0.05, 0.1) is 19.8 Å². The zero-order chi connectivity index (χ0) is 16.7. The van der Waals surface area contributed by atoms with Gasteiger partial charge in [0.2, 0.25) is 0 Å². The topological polar surface area (TPSA) is 47.6 Å². The molecular formula is C18H20ClNO3. The van der Waals surface area contributed by atoms with Crippen molar-refractivity contribution in [3.8, 4) is 11.5 Å². The van der Waals surface area contributed by atoms with E-state index >= 15 is 0 Å². The van der Waals surface area contributed by atoms with Gasteiger partial charge in [-0.1, -0.05) is 23.7 Å². The van der Waals surface area contributed by atoms with Crippen LogP contribution >= 0.6 is 11.6 Å². The molecule has 1 N–H and O–H groups in total. The molecule has 0 aliphatic rings. The van der Waals surface area contributed by atoms with Gasteiger partial charge in [-0.3, -0.25) is 4.79 Å². The van der Waals surface area contributed by atoms with Gasteiger partial charge in [0.15, 0.2) is 0 Å². The molecule has 2 aromatic rings. The molecule has 1 amide bonds.